The molecule has 11 nitrogen and oxygen atoms in total. The van der Waals surface area contributed by atoms with Crippen LogP contribution in [0.2, 0.25) is 0 Å². The van der Waals surface area contributed by atoms with Crippen molar-refractivity contribution in [3.8, 4) is 5.75 Å². The van der Waals surface area contributed by atoms with E-state index in [2.05, 4.69) is 15.6 Å². The lowest BCUT2D eigenvalue weighted by Gasteiger charge is -2.38. The van der Waals surface area contributed by atoms with Crippen LogP contribution in [0.3, 0.4) is 0 Å². The van der Waals surface area contributed by atoms with Gasteiger partial charge in [-0.2, -0.15) is 0 Å². The van der Waals surface area contributed by atoms with E-state index >= 15 is 0 Å². The number of carbonyl (C=O) groups excluding carboxylic acids is 2. The maximum atomic E-state index is 13.3. The molecule has 1 saturated heterocycles. The molecule has 2 aromatic carbocycles. The zero-order chi connectivity index (χ0) is 28.6. The van der Waals surface area contributed by atoms with E-state index in [1.54, 1.807) is 24.4 Å². The number of hydrogen-bond acceptors (Lipinski definition) is 8. The third-order valence-corrected chi connectivity index (χ3v) is 8.65. The number of carboxylic acid groups (broad SMARTS) is 1. The first-order valence-corrected chi connectivity index (χ1v) is 13.6. The first kappa shape index (κ1) is 25.9. The van der Waals surface area contributed by atoms with E-state index in [0.29, 0.717) is 16.5 Å². The lowest BCUT2D eigenvalue weighted by atomic mass is 9.83. The van der Waals surface area contributed by atoms with E-state index in [-0.39, 0.29) is 23.7 Å². The standard InChI is InChI=1S/C30H28N2O9/c33-20-10-21(34)23(18-12-32-8-2-4-13-3-1-5-16(18)24(13)32)22(20)17-11-31-19-9-14(6-7-15(17)19)40-30-27(37)25(35)26(36)28(41-30)29(38)39/h1,3,5-7,9,11-12,22-23,25-28,30-31,35-37H,2,4,8,10H2,(H,38,39)/t22-,23-,25+,26+,27-,28+,30?/m1/s1. The van der Waals surface area contributed by atoms with Gasteiger partial charge >= 0.3 is 5.97 Å². The highest BCUT2D eigenvalue weighted by Crippen LogP contribution is 2.47. The number of aryl methyl sites for hydroxylation is 2. The molecule has 5 N–H and O–H groups in total. The summed E-state index contributed by atoms with van der Waals surface area (Å²) in [7, 11) is 0. The van der Waals surface area contributed by atoms with Crippen LogP contribution in [-0.2, 0) is 32.1 Å². The number of aliphatic carboxylic acids is 1. The molecule has 1 saturated carbocycles. The molecule has 1 unspecified atom stereocenters. The smallest absolute Gasteiger partial charge is 0.335 e. The number of carbonyl (C=O) groups is 3. The molecular formula is C30H28N2O9. The second-order valence-electron chi connectivity index (χ2n) is 11.1. The molecule has 11 heteroatoms. The molecule has 7 rings (SSSR count). The van der Waals surface area contributed by atoms with Gasteiger partial charge in [-0.05, 0) is 41.7 Å². The molecule has 2 aromatic heterocycles. The second-order valence-corrected chi connectivity index (χ2v) is 11.1. The van der Waals surface area contributed by atoms with Crippen molar-refractivity contribution in [2.75, 3.05) is 0 Å². The molecule has 1 aliphatic carbocycles. The maximum absolute atomic E-state index is 13.3. The lowest BCUT2D eigenvalue weighted by Crippen LogP contribution is -2.61. The number of aromatic amines is 1. The number of ether oxygens (including phenoxy) is 2. The van der Waals surface area contributed by atoms with Gasteiger partial charge in [0.15, 0.2) is 6.10 Å². The number of rotatable bonds is 5. The normalized spacial score (nSPS) is 29.9. The van der Waals surface area contributed by atoms with Crippen molar-refractivity contribution in [2.45, 2.75) is 68.3 Å². The van der Waals surface area contributed by atoms with Crippen LogP contribution < -0.4 is 4.74 Å². The zero-order valence-corrected chi connectivity index (χ0v) is 21.8. The van der Waals surface area contributed by atoms with Crippen molar-refractivity contribution in [1.29, 1.82) is 0 Å². The fourth-order valence-corrected chi connectivity index (χ4v) is 6.74. The predicted molar refractivity (Wildman–Crippen MR) is 144 cm³/mol. The summed E-state index contributed by atoms with van der Waals surface area (Å²) >= 11 is 0. The second kappa shape index (κ2) is 9.52. The van der Waals surface area contributed by atoms with Gasteiger partial charge in [-0.1, -0.05) is 18.2 Å². The van der Waals surface area contributed by atoms with Crippen LogP contribution in [0.4, 0.5) is 0 Å². The fourth-order valence-electron chi connectivity index (χ4n) is 6.74. The number of carboxylic acids is 1. The highest BCUT2D eigenvalue weighted by Gasteiger charge is 2.48. The number of fused-ring (bicyclic) bond motifs is 1. The van der Waals surface area contributed by atoms with E-state index in [1.807, 2.05) is 18.3 Å². The van der Waals surface area contributed by atoms with Crippen molar-refractivity contribution < 1.29 is 44.3 Å². The van der Waals surface area contributed by atoms with Gasteiger partial charge in [0.25, 0.3) is 0 Å². The molecule has 0 bridgehead atoms. The monoisotopic (exact) mass is 560 g/mol. The van der Waals surface area contributed by atoms with Gasteiger partial charge in [0.05, 0.1) is 23.8 Å². The number of aliphatic hydroxyl groups is 3. The Hall–Kier alpha value is -4.03. The van der Waals surface area contributed by atoms with Gasteiger partial charge in [-0.25, -0.2) is 4.79 Å². The average molecular weight is 561 g/mol. The summed E-state index contributed by atoms with van der Waals surface area (Å²) in [5.74, 6) is -2.83. The van der Waals surface area contributed by atoms with Gasteiger partial charge in [0, 0.05) is 41.3 Å². The van der Waals surface area contributed by atoms with Crippen LogP contribution in [0.15, 0.2) is 48.8 Å². The average Bonchev–Trinajstić information content (AvgIpc) is 3.62. The number of H-pyrrole nitrogens is 1. The molecule has 0 radical (unpaired) electrons. The third kappa shape index (κ3) is 3.99. The number of hydrogen-bond donors (Lipinski definition) is 5. The summed E-state index contributed by atoms with van der Waals surface area (Å²) < 4.78 is 13.1. The van der Waals surface area contributed by atoms with Crippen LogP contribution in [0, 0.1) is 0 Å². The summed E-state index contributed by atoms with van der Waals surface area (Å²) in [5, 5.41) is 41.3. The van der Waals surface area contributed by atoms with Gasteiger partial charge in [-0.15, -0.1) is 0 Å². The Labute approximate surface area is 232 Å². The summed E-state index contributed by atoms with van der Waals surface area (Å²) in [6.45, 7) is 0.867. The Bertz CT molecular complexity index is 1720. The largest absolute Gasteiger partial charge is 0.479 e. The minimum atomic E-state index is -1.82. The summed E-state index contributed by atoms with van der Waals surface area (Å²) in [6.07, 6.45) is -3.02. The number of nitrogens with zero attached hydrogens (tertiary/aromatic N) is 1. The first-order valence-electron chi connectivity index (χ1n) is 13.6. The van der Waals surface area contributed by atoms with E-state index < -0.39 is 48.5 Å². The van der Waals surface area contributed by atoms with Crippen molar-refractivity contribution >= 4 is 39.3 Å². The number of ketones is 2. The Kier molecular flexibility index (Phi) is 6.02. The topological polar surface area (TPSA) is 171 Å². The van der Waals surface area contributed by atoms with Gasteiger partial charge in [0.1, 0.15) is 35.6 Å². The maximum Gasteiger partial charge on any atom is 0.335 e. The molecule has 0 amide bonds. The van der Waals surface area contributed by atoms with E-state index in [9.17, 15) is 34.8 Å². The quantitative estimate of drug-likeness (QED) is 0.228. The van der Waals surface area contributed by atoms with Crippen LogP contribution in [0.1, 0.15) is 41.4 Å². The van der Waals surface area contributed by atoms with Crippen LogP contribution in [0.25, 0.3) is 21.8 Å². The van der Waals surface area contributed by atoms with Gasteiger partial charge < -0.3 is 39.5 Å². The molecule has 41 heavy (non-hydrogen) atoms. The van der Waals surface area contributed by atoms with Crippen LogP contribution in [-0.4, -0.2) is 78.2 Å². The fraction of sp³-hybridized carbons (Fsp3) is 0.367. The SMILES string of the molecule is O=C(O)[C@H]1OC(Oc2ccc3c([C@@H]4C(=O)CC(=O)[C@H]4c4cn5c6c(cccc46)CCC5)c[nH]c3c2)[C@H](O)[C@@H](O)[C@@H]1O. The Balaban J connectivity index is 1.22. The first-order chi connectivity index (χ1) is 19.7. The number of Topliss-reactive ketones (excluding diaryl/α,β-unsaturated/α-hetero) is 2. The number of nitrogens with one attached hydrogen (secondary N) is 1. The van der Waals surface area contributed by atoms with Crippen LogP contribution in [0.5, 0.6) is 5.75 Å². The molecule has 0 spiro atoms. The summed E-state index contributed by atoms with van der Waals surface area (Å²) in [5.41, 5.74) is 4.53. The van der Waals surface area contributed by atoms with E-state index in [4.69, 9.17) is 9.47 Å². The van der Waals surface area contributed by atoms with Gasteiger partial charge in [0.2, 0.25) is 6.29 Å². The van der Waals surface area contributed by atoms with E-state index in [1.165, 1.54) is 5.56 Å². The predicted octanol–water partition coefficient (Wildman–Crippen LogP) is 1.75. The number of para-hydroxylation sites is 1. The minimum Gasteiger partial charge on any atom is -0.479 e. The highest BCUT2D eigenvalue weighted by atomic mass is 16.7. The summed E-state index contributed by atoms with van der Waals surface area (Å²) in [4.78, 5) is 41.2. The van der Waals surface area contributed by atoms with E-state index in [0.717, 1.165) is 35.9 Å². The number of aromatic nitrogens is 2. The van der Waals surface area contributed by atoms with Crippen molar-refractivity contribution in [3.63, 3.8) is 0 Å². The summed E-state index contributed by atoms with van der Waals surface area (Å²) in [6, 6.07) is 11.0. The number of benzene rings is 2. The lowest BCUT2D eigenvalue weighted by molar-refractivity contribution is -0.271. The molecule has 3 aliphatic rings. The van der Waals surface area contributed by atoms with Crippen molar-refractivity contribution in [3.05, 3.63) is 65.5 Å². The molecule has 4 heterocycles. The molecule has 2 fully saturated rings. The minimum absolute atomic E-state index is 0.102. The Morgan fingerprint density at radius 2 is 1.76 bits per heavy atom. The molecule has 7 atom stereocenters. The Morgan fingerprint density at radius 3 is 2.54 bits per heavy atom. The van der Waals surface area contributed by atoms with Crippen molar-refractivity contribution in [2.24, 2.45) is 0 Å². The molecule has 4 aromatic rings. The van der Waals surface area contributed by atoms with Gasteiger partial charge in [-0.3, -0.25) is 9.59 Å². The third-order valence-electron chi connectivity index (χ3n) is 8.65. The molecule has 212 valence electrons. The highest BCUT2D eigenvalue weighted by molar-refractivity contribution is 6.16. The Morgan fingerprint density at radius 1 is 0.976 bits per heavy atom. The zero-order valence-electron chi connectivity index (χ0n) is 21.8. The van der Waals surface area contributed by atoms with Crippen LogP contribution >= 0.6 is 0 Å². The molecular weight excluding hydrogens is 532 g/mol. The molecule has 2 aliphatic heterocycles. The van der Waals surface area contributed by atoms with Crippen molar-refractivity contribution in [1.82, 2.24) is 9.55 Å². The number of aliphatic hydroxyl groups excluding tert-OH is 3.